The van der Waals surface area contributed by atoms with Crippen LogP contribution in [-0.4, -0.2) is 26.6 Å². The second-order valence-corrected chi connectivity index (χ2v) is 9.53. The highest BCUT2D eigenvalue weighted by Crippen LogP contribution is 2.40. The number of rotatable bonds is 19. The molecular formula is C34H44O3. The third-order valence-corrected chi connectivity index (χ3v) is 6.86. The highest BCUT2D eigenvalue weighted by molar-refractivity contribution is 5.47. The topological polar surface area (TPSA) is 27.7 Å². The quantitative estimate of drug-likeness (QED) is 0.0713. The molecule has 0 saturated heterocycles. The molecule has 1 unspecified atom stereocenters. The highest BCUT2D eigenvalue weighted by atomic mass is 16.7. The van der Waals surface area contributed by atoms with Crippen LogP contribution in [-0.2, 0) is 19.8 Å². The van der Waals surface area contributed by atoms with E-state index in [4.69, 9.17) is 14.2 Å². The Balaban J connectivity index is 1.47. The number of unbranched alkanes of at least 4 members (excludes halogenated alkanes) is 7. The lowest BCUT2D eigenvalue weighted by Gasteiger charge is -2.36. The standard InChI is InChI=1S/C34H44O3/c1-3-28-36-33(35-2)27-19-8-6-4-5-7-9-20-29-37-34(30-21-13-10-14-22-30,31-23-15-11-16-24-31)32-25-17-12-18-26-32/h3,10-18,21-26,33H,1,4-9,19-20,27-29H2,2H3. The monoisotopic (exact) mass is 500 g/mol. The first-order chi connectivity index (χ1) is 18.3. The number of hydrogen-bond donors (Lipinski definition) is 0. The molecular weight excluding hydrogens is 456 g/mol. The number of ether oxygens (including phenoxy) is 3. The summed E-state index contributed by atoms with van der Waals surface area (Å²) in [5.74, 6) is 0. The van der Waals surface area contributed by atoms with Gasteiger partial charge in [-0.3, -0.25) is 0 Å². The summed E-state index contributed by atoms with van der Waals surface area (Å²) in [6.07, 6.45) is 12.3. The molecule has 3 nitrogen and oxygen atoms in total. The van der Waals surface area contributed by atoms with Gasteiger partial charge in [-0.25, -0.2) is 0 Å². The Morgan fingerprint density at radius 3 is 1.51 bits per heavy atom. The molecule has 0 amide bonds. The zero-order valence-electron chi connectivity index (χ0n) is 22.5. The van der Waals surface area contributed by atoms with Gasteiger partial charge in [0, 0.05) is 13.7 Å². The van der Waals surface area contributed by atoms with E-state index >= 15 is 0 Å². The van der Waals surface area contributed by atoms with Crippen molar-refractivity contribution in [3.63, 3.8) is 0 Å². The van der Waals surface area contributed by atoms with Crippen LogP contribution in [0.4, 0.5) is 0 Å². The largest absolute Gasteiger partial charge is 0.361 e. The summed E-state index contributed by atoms with van der Waals surface area (Å²) < 4.78 is 17.8. The lowest BCUT2D eigenvalue weighted by molar-refractivity contribution is -0.119. The smallest absolute Gasteiger partial charge is 0.157 e. The van der Waals surface area contributed by atoms with Crippen LogP contribution in [0, 0.1) is 0 Å². The normalized spacial score (nSPS) is 12.4. The van der Waals surface area contributed by atoms with Gasteiger partial charge >= 0.3 is 0 Å². The molecule has 37 heavy (non-hydrogen) atoms. The van der Waals surface area contributed by atoms with Crippen LogP contribution in [0.15, 0.2) is 104 Å². The molecule has 0 bridgehead atoms. The fourth-order valence-electron chi connectivity index (χ4n) is 4.91. The van der Waals surface area contributed by atoms with Gasteiger partial charge in [-0.1, -0.05) is 136 Å². The lowest BCUT2D eigenvalue weighted by atomic mass is 9.80. The third-order valence-electron chi connectivity index (χ3n) is 6.86. The highest BCUT2D eigenvalue weighted by Gasteiger charge is 2.37. The van der Waals surface area contributed by atoms with Crippen molar-refractivity contribution in [1.82, 2.24) is 0 Å². The van der Waals surface area contributed by atoms with Gasteiger partial charge in [0.15, 0.2) is 6.29 Å². The summed E-state index contributed by atoms with van der Waals surface area (Å²) in [7, 11) is 1.71. The van der Waals surface area contributed by atoms with Crippen molar-refractivity contribution in [2.75, 3.05) is 20.3 Å². The third kappa shape index (κ3) is 8.96. The lowest BCUT2D eigenvalue weighted by Crippen LogP contribution is -2.33. The SMILES string of the molecule is C=CCOC(CCCCCCCCCCOC(c1ccccc1)(c1ccccc1)c1ccccc1)OC. The summed E-state index contributed by atoms with van der Waals surface area (Å²) >= 11 is 0. The molecule has 198 valence electrons. The zero-order valence-corrected chi connectivity index (χ0v) is 22.5. The minimum Gasteiger partial charge on any atom is -0.361 e. The van der Waals surface area contributed by atoms with E-state index in [9.17, 15) is 0 Å². The first-order valence-corrected chi connectivity index (χ1v) is 13.9. The molecule has 0 heterocycles. The van der Waals surface area contributed by atoms with E-state index in [0.29, 0.717) is 6.61 Å². The molecule has 3 rings (SSSR count). The van der Waals surface area contributed by atoms with E-state index in [1.807, 2.05) is 0 Å². The summed E-state index contributed by atoms with van der Waals surface area (Å²) in [6.45, 7) is 4.96. The van der Waals surface area contributed by atoms with Crippen molar-refractivity contribution in [3.8, 4) is 0 Å². The molecule has 0 aromatic heterocycles. The Morgan fingerprint density at radius 1 is 0.649 bits per heavy atom. The molecule has 0 N–H and O–H groups in total. The summed E-state index contributed by atoms with van der Waals surface area (Å²) in [4.78, 5) is 0. The van der Waals surface area contributed by atoms with Gasteiger partial charge < -0.3 is 14.2 Å². The predicted molar refractivity (Wildman–Crippen MR) is 154 cm³/mol. The van der Waals surface area contributed by atoms with Crippen LogP contribution < -0.4 is 0 Å². The van der Waals surface area contributed by atoms with Crippen molar-refractivity contribution in [3.05, 3.63) is 120 Å². The van der Waals surface area contributed by atoms with E-state index < -0.39 is 5.60 Å². The summed E-state index contributed by atoms with van der Waals surface area (Å²) in [5.41, 5.74) is 2.88. The van der Waals surface area contributed by atoms with Crippen molar-refractivity contribution in [1.29, 1.82) is 0 Å². The second kappa shape index (κ2) is 16.9. The Bertz CT molecular complexity index is 875. The van der Waals surface area contributed by atoms with Crippen LogP contribution in [0.1, 0.15) is 74.5 Å². The van der Waals surface area contributed by atoms with Crippen LogP contribution >= 0.6 is 0 Å². The van der Waals surface area contributed by atoms with E-state index in [2.05, 4.69) is 97.6 Å². The van der Waals surface area contributed by atoms with E-state index in [0.717, 1.165) is 42.6 Å². The molecule has 0 aliphatic heterocycles. The molecule has 0 aliphatic rings. The summed E-state index contributed by atoms with van der Waals surface area (Å²) in [5, 5.41) is 0. The van der Waals surface area contributed by atoms with E-state index in [1.54, 1.807) is 13.2 Å². The predicted octanol–water partition coefficient (Wildman–Crippen LogP) is 8.68. The molecule has 0 radical (unpaired) electrons. The van der Waals surface area contributed by atoms with Gasteiger partial charge in [0.2, 0.25) is 0 Å². The minimum absolute atomic E-state index is 0.104. The van der Waals surface area contributed by atoms with Gasteiger partial charge in [0.1, 0.15) is 5.60 Å². The van der Waals surface area contributed by atoms with Gasteiger partial charge in [0.25, 0.3) is 0 Å². The van der Waals surface area contributed by atoms with Gasteiger partial charge in [-0.05, 0) is 36.0 Å². The van der Waals surface area contributed by atoms with Crippen molar-refractivity contribution in [2.24, 2.45) is 0 Å². The Hall–Kier alpha value is -2.72. The van der Waals surface area contributed by atoms with Crippen molar-refractivity contribution >= 4 is 0 Å². The van der Waals surface area contributed by atoms with Crippen LogP contribution in [0.2, 0.25) is 0 Å². The van der Waals surface area contributed by atoms with E-state index in [1.165, 1.54) is 38.5 Å². The van der Waals surface area contributed by atoms with Crippen LogP contribution in [0.5, 0.6) is 0 Å². The number of methoxy groups -OCH3 is 1. The van der Waals surface area contributed by atoms with E-state index in [-0.39, 0.29) is 6.29 Å². The maximum atomic E-state index is 6.88. The van der Waals surface area contributed by atoms with Gasteiger partial charge in [0.05, 0.1) is 6.61 Å². The molecule has 0 saturated carbocycles. The van der Waals surface area contributed by atoms with Gasteiger partial charge in [-0.15, -0.1) is 6.58 Å². The first-order valence-electron chi connectivity index (χ1n) is 13.9. The molecule has 1 atom stereocenters. The Labute approximate surface area is 224 Å². The first kappa shape index (κ1) is 28.8. The number of hydrogen-bond acceptors (Lipinski definition) is 3. The number of benzene rings is 3. The van der Waals surface area contributed by atoms with Gasteiger partial charge in [-0.2, -0.15) is 0 Å². The molecule has 3 heteroatoms. The maximum Gasteiger partial charge on any atom is 0.157 e. The Morgan fingerprint density at radius 2 is 1.08 bits per heavy atom. The van der Waals surface area contributed by atoms with Crippen LogP contribution in [0.25, 0.3) is 0 Å². The molecule has 0 aliphatic carbocycles. The zero-order chi connectivity index (χ0) is 26.0. The molecule has 0 fully saturated rings. The average molecular weight is 501 g/mol. The second-order valence-electron chi connectivity index (χ2n) is 9.53. The van der Waals surface area contributed by atoms with Crippen LogP contribution in [0.3, 0.4) is 0 Å². The molecule has 0 spiro atoms. The van der Waals surface area contributed by atoms with Crippen molar-refractivity contribution < 1.29 is 14.2 Å². The average Bonchev–Trinajstić information content (AvgIpc) is 2.97. The Kier molecular flexibility index (Phi) is 13.2. The molecule has 3 aromatic rings. The fraction of sp³-hybridized carbons (Fsp3) is 0.412. The van der Waals surface area contributed by atoms with Crippen molar-refractivity contribution in [2.45, 2.75) is 69.7 Å². The fourth-order valence-corrected chi connectivity index (χ4v) is 4.91. The maximum absolute atomic E-state index is 6.88. The minimum atomic E-state index is -0.612. The summed E-state index contributed by atoms with van der Waals surface area (Å²) in [6, 6.07) is 31.9. The molecule has 3 aromatic carbocycles.